The molecule has 1 N–H and O–H groups in total. The molecule has 0 saturated carbocycles. The van der Waals surface area contributed by atoms with Gasteiger partial charge in [-0.1, -0.05) is 76.3 Å². The fourth-order valence-electron chi connectivity index (χ4n) is 6.30. The van der Waals surface area contributed by atoms with Crippen LogP contribution in [0.1, 0.15) is 97.8 Å². The Labute approximate surface area is 268 Å². The van der Waals surface area contributed by atoms with Crippen molar-refractivity contribution < 1.29 is 36.9 Å². The Hall–Kier alpha value is -1.47. The lowest BCUT2D eigenvalue weighted by Gasteiger charge is -2.30. The molecule has 3 aliphatic rings. The molecule has 0 bridgehead atoms. The molecule has 3 fully saturated rings. The summed E-state index contributed by atoms with van der Waals surface area (Å²) >= 11 is 5.89. The summed E-state index contributed by atoms with van der Waals surface area (Å²) < 4.78 is 58.7. The zero-order valence-corrected chi connectivity index (χ0v) is 28.1. The van der Waals surface area contributed by atoms with E-state index < -0.39 is 46.0 Å². The predicted octanol–water partition coefficient (Wildman–Crippen LogP) is 6.40. The molecule has 250 valence electrons. The van der Waals surface area contributed by atoms with Crippen molar-refractivity contribution in [2.24, 2.45) is 0 Å². The van der Waals surface area contributed by atoms with Gasteiger partial charge in [-0.3, -0.25) is 0 Å². The van der Waals surface area contributed by atoms with Crippen molar-refractivity contribution in [3.8, 4) is 0 Å². The summed E-state index contributed by atoms with van der Waals surface area (Å²) in [6.45, 7) is 8.76. The zero-order chi connectivity index (χ0) is 31.6. The van der Waals surface area contributed by atoms with E-state index in [2.05, 4.69) is 11.8 Å². The largest absolute Gasteiger partial charge is 0.440 e. The highest BCUT2D eigenvalue weighted by Gasteiger charge is 2.66. The smallest absolute Gasteiger partial charge is 0.421 e. The van der Waals surface area contributed by atoms with Crippen LogP contribution in [0.5, 0.6) is 0 Å². The highest BCUT2D eigenvalue weighted by molar-refractivity contribution is 7.90. The molecule has 44 heavy (non-hydrogen) atoms. The van der Waals surface area contributed by atoms with Crippen LogP contribution in [0, 0.1) is 0 Å². The van der Waals surface area contributed by atoms with E-state index >= 15 is 0 Å². The van der Waals surface area contributed by atoms with Gasteiger partial charge in [-0.15, -0.1) is 0 Å². The summed E-state index contributed by atoms with van der Waals surface area (Å²) in [5, 5.41) is 0.382. The monoisotopic (exact) mass is 658 g/mol. The van der Waals surface area contributed by atoms with Crippen LogP contribution in [0.25, 0.3) is 0 Å². The highest BCUT2D eigenvalue weighted by Crippen LogP contribution is 2.47. The molecule has 4 atom stereocenters. The summed E-state index contributed by atoms with van der Waals surface area (Å²) in [5.74, 6) is -2.30. The Kier molecular flexibility index (Phi) is 13.2. The van der Waals surface area contributed by atoms with Gasteiger partial charge >= 0.3 is 6.09 Å². The van der Waals surface area contributed by atoms with Gasteiger partial charge in [0.15, 0.2) is 18.0 Å². The second kappa shape index (κ2) is 16.4. The Balaban J connectivity index is 1.34. The van der Waals surface area contributed by atoms with E-state index in [0.29, 0.717) is 18.2 Å². The first-order valence-electron chi connectivity index (χ1n) is 16.4. The molecule has 0 spiro atoms. The van der Waals surface area contributed by atoms with Crippen LogP contribution in [0.3, 0.4) is 0 Å². The Morgan fingerprint density at radius 3 is 2.23 bits per heavy atom. The van der Waals surface area contributed by atoms with Crippen molar-refractivity contribution in [2.45, 2.75) is 133 Å². The fraction of sp³-hybridized carbons (Fsp3) is 0.781. The number of ether oxygens (including phenoxy) is 5. The summed E-state index contributed by atoms with van der Waals surface area (Å²) in [6.07, 6.45) is 11.1. The van der Waals surface area contributed by atoms with Gasteiger partial charge in [0.05, 0.1) is 4.90 Å². The van der Waals surface area contributed by atoms with Gasteiger partial charge in [0, 0.05) is 18.2 Å². The number of nitrogens with one attached hydrogen (secondary N) is 1. The van der Waals surface area contributed by atoms with Gasteiger partial charge in [-0.25, -0.2) is 17.9 Å². The predicted molar refractivity (Wildman–Crippen MR) is 168 cm³/mol. The van der Waals surface area contributed by atoms with E-state index in [1.807, 2.05) is 4.72 Å². The second-order valence-corrected chi connectivity index (χ2v) is 14.8. The van der Waals surface area contributed by atoms with Crippen molar-refractivity contribution in [1.82, 2.24) is 9.62 Å². The minimum absolute atomic E-state index is 0.105. The zero-order valence-electron chi connectivity index (χ0n) is 26.6. The number of unbranched alkanes of at least 4 members (excludes halogenated alkanes) is 9. The minimum Gasteiger partial charge on any atom is -0.440 e. The molecule has 1 aromatic carbocycles. The van der Waals surface area contributed by atoms with Gasteiger partial charge < -0.3 is 28.6 Å². The molecule has 1 amide bonds. The number of rotatable bonds is 18. The van der Waals surface area contributed by atoms with Gasteiger partial charge in [-0.2, -0.15) is 0 Å². The molecule has 0 radical (unpaired) electrons. The first kappa shape index (κ1) is 35.4. The Morgan fingerprint density at radius 1 is 0.977 bits per heavy atom. The topological polar surface area (TPSA) is 113 Å². The molecule has 4 rings (SSSR count). The van der Waals surface area contributed by atoms with Crippen molar-refractivity contribution in [3.63, 3.8) is 0 Å². The lowest BCUT2D eigenvalue weighted by molar-refractivity contribution is -0.279. The Morgan fingerprint density at radius 2 is 1.59 bits per heavy atom. The van der Waals surface area contributed by atoms with Gasteiger partial charge in [0.25, 0.3) is 10.0 Å². The molecule has 3 saturated heterocycles. The standard InChI is InChI=1S/C32H51ClN2O8S/c1-4-5-6-7-8-9-10-11-12-15-22-39-24-32-29(42-31(2,3)43-32)28(27(41-32)23-35-20-13-14-21-35)40-30(36)34-44(37,38)26-18-16-25(33)17-19-26/h16-19,27-29H,4-15,20-24H2,1-3H3,(H,34,36)/t27-,28+,29-,32-/m0/s1. The molecule has 10 nitrogen and oxygen atoms in total. The van der Waals surface area contributed by atoms with Gasteiger partial charge in [0.1, 0.15) is 12.7 Å². The number of halogens is 1. The lowest BCUT2D eigenvalue weighted by Crippen LogP contribution is -2.47. The number of carbonyl (C=O) groups excluding carboxylic acids is 1. The van der Waals surface area contributed by atoms with Gasteiger partial charge in [0.2, 0.25) is 5.79 Å². The number of sulfonamides is 1. The van der Waals surface area contributed by atoms with Crippen molar-refractivity contribution in [2.75, 3.05) is 32.8 Å². The van der Waals surface area contributed by atoms with Crippen molar-refractivity contribution in [1.29, 1.82) is 0 Å². The minimum atomic E-state index is -4.18. The number of hydrogen-bond donors (Lipinski definition) is 1. The average molecular weight is 659 g/mol. The molecule has 0 aliphatic carbocycles. The molecule has 3 heterocycles. The summed E-state index contributed by atoms with van der Waals surface area (Å²) in [7, 11) is -4.18. The summed E-state index contributed by atoms with van der Waals surface area (Å²) in [4.78, 5) is 15.2. The number of fused-ring (bicyclic) bond motifs is 1. The molecular formula is C32H51ClN2O8S. The number of nitrogens with zero attached hydrogens (tertiary/aromatic N) is 1. The third kappa shape index (κ3) is 10.0. The highest BCUT2D eigenvalue weighted by atomic mass is 35.5. The number of amides is 1. The fourth-order valence-corrected chi connectivity index (χ4v) is 7.31. The van der Waals surface area contributed by atoms with E-state index in [-0.39, 0.29) is 11.5 Å². The summed E-state index contributed by atoms with van der Waals surface area (Å²) in [5.41, 5.74) is 0. The molecule has 0 aromatic heterocycles. The first-order valence-corrected chi connectivity index (χ1v) is 18.2. The van der Waals surface area contributed by atoms with Gasteiger partial charge in [-0.05, 0) is 70.5 Å². The third-order valence-corrected chi connectivity index (χ3v) is 10.0. The van der Waals surface area contributed by atoms with Crippen LogP contribution in [0.15, 0.2) is 29.2 Å². The van der Waals surface area contributed by atoms with Crippen molar-refractivity contribution in [3.05, 3.63) is 29.3 Å². The molecule has 0 unspecified atom stereocenters. The molecule has 12 heteroatoms. The van der Waals surface area contributed by atoms with Crippen molar-refractivity contribution >= 4 is 27.7 Å². The average Bonchev–Trinajstić information content (AvgIpc) is 3.63. The van der Waals surface area contributed by atoms with E-state index in [1.165, 1.54) is 75.6 Å². The van der Waals surface area contributed by atoms with E-state index in [9.17, 15) is 13.2 Å². The van der Waals surface area contributed by atoms with Crippen LogP contribution < -0.4 is 4.72 Å². The molecule has 1 aromatic rings. The maximum absolute atomic E-state index is 13.0. The number of benzene rings is 1. The number of likely N-dealkylation sites (tertiary alicyclic amines) is 1. The molecular weight excluding hydrogens is 608 g/mol. The second-order valence-electron chi connectivity index (χ2n) is 12.7. The molecule has 3 aliphatic heterocycles. The van der Waals surface area contributed by atoms with E-state index in [4.69, 9.17) is 35.3 Å². The maximum atomic E-state index is 13.0. The normalized spacial score (nSPS) is 26.6. The summed E-state index contributed by atoms with van der Waals surface area (Å²) in [6, 6.07) is 5.52. The Bertz CT molecular complexity index is 1150. The van der Waals surface area contributed by atoms with E-state index in [0.717, 1.165) is 38.8 Å². The van der Waals surface area contributed by atoms with Crippen LogP contribution in [-0.2, 0) is 33.7 Å². The van der Waals surface area contributed by atoms with E-state index in [1.54, 1.807) is 13.8 Å². The maximum Gasteiger partial charge on any atom is 0.421 e. The first-order chi connectivity index (χ1) is 21.0. The van der Waals surface area contributed by atoms with Crippen LogP contribution in [0.4, 0.5) is 4.79 Å². The number of hydrogen-bond acceptors (Lipinski definition) is 9. The number of carbonyl (C=O) groups is 1. The van der Waals surface area contributed by atoms with Crippen LogP contribution in [0.2, 0.25) is 5.02 Å². The van der Waals surface area contributed by atoms with Crippen LogP contribution >= 0.6 is 11.6 Å². The SMILES string of the molecule is CCCCCCCCCCCCOC[C@@]12O[C@@H](CN3CCCC3)[C@@H](OC(=O)NS(=O)(=O)c3ccc(Cl)cc3)[C@@H]1OC(C)(C)O2. The third-order valence-electron chi connectivity index (χ3n) is 8.45. The quantitative estimate of drug-likeness (QED) is 0.179. The lowest BCUT2D eigenvalue weighted by atomic mass is 10.0. The van der Waals surface area contributed by atoms with Crippen LogP contribution in [-0.4, -0.2) is 82.1 Å².